The van der Waals surface area contributed by atoms with Crippen LogP contribution in [-0.2, 0) is 21.4 Å². The van der Waals surface area contributed by atoms with E-state index in [9.17, 15) is 18.3 Å². The molecule has 0 aliphatic heterocycles. The first-order valence-electron chi connectivity index (χ1n) is 11.1. The first-order valence-corrected chi connectivity index (χ1v) is 12.9. The van der Waals surface area contributed by atoms with E-state index in [2.05, 4.69) is 10.5 Å². The van der Waals surface area contributed by atoms with E-state index in [1.54, 1.807) is 12.1 Å². The number of carbonyl (C=O) groups excluding carboxylic acids is 1. The van der Waals surface area contributed by atoms with Gasteiger partial charge in [0.2, 0.25) is 10.0 Å². The van der Waals surface area contributed by atoms with E-state index in [1.165, 1.54) is 30.5 Å². The summed E-state index contributed by atoms with van der Waals surface area (Å²) in [7, 11) is -4.01. The van der Waals surface area contributed by atoms with Crippen molar-refractivity contribution in [2.45, 2.75) is 18.4 Å². The molecule has 1 amide bonds. The molecule has 7 nitrogen and oxygen atoms in total. The molecule has 0 atom stereocenters. The normalized spacial score (nSPS) is 11.9. The zero-order valence-electron chi connectivity index (χ0n) is 19.4. The summed E-state index contributed by atoms with van der Waals surface area (Å²) in [5.41, 5.74) is 4.58. The van der Waals surface area contributed by atoms with Gasteiger partial charge in [0.25, 0.3) is 5.91 Å². The highest BCUT2D eigenvalue weighted by Gasteiger charge is 2.27. The van der Waals surface area contributed by atoms with Crippen molar-refractivity contribution in [3.05, 3.63) is 107 Å². The van der Waals surface area contributed by atoms with Gasteiger partial charge >= 0.3 is 0 Å². The van der Waals surface area contributed by atoms with Crippen molar-refractivity contribution in [1.29, 1.82) is 0 Å². The average molecular weight is 522 g/mol. The van der Waals surface area contributed by atoms with E-state index in [0.717, 1.165) is 26.2 Å². The number of fused-ring (bicyclic) bond motifs is 1. The Labute approximate surface area is 214 Å². The third kappa shape index (κ3) is 5.91. The Morgan fingerprint density at radius 3 is 2.42 bits per heavy atom. The van der Waals surface area contributed by atoms with E-state index in [0.29, 0.717) is 10.6 Å². The van der Waals surface area contributed by atoms with Crippen molar-refractivity contribution in [2.24, 2.45) is 5.10 Å². The SMILES string of the molecule is Cc1ccc(CN(CC(=O)N/N=C\c2c(O)ccc3ccccc23)S(=O)(=O)c2ccc(Cl)cc2)cc1. The van der Waals surface area contributed by atoms with Gasteiger partial charge in [0.05, 0.1) is 17.7 Å². The fourth-order valence-electron chi connectivity index (χ4n) is 3.66. The highest BCUT2D eigenvalue weighted by molar-refractivity contribution is 7.89. The summed E-state index contributed by atoms with van der Waals surface area (Å²) in [6, 6.07) is 23.9. The molecule has 0 heterocycles. The number of carbonyl (C=O) groups is 1. The fraction of sp³-hybridized carbons (Fsp3) is 0.111. The highest BCUT2D eigenvalue weighted by Crippen LogP contribution is 2.25. The molecule has 36 heavy (non-hydrogen) atoms. The third-order valence-electron chi connectivity index (χ3n) is 5.58. The maximum absolute atomic E-state index is 13.4. The zero-order chi connectivity index (χ0) is 25.7. The number of hydrazone groups is 1. The van der Waals surface area contributed by atoms with Crippen LogP contribution in [0.3, 0.4) is 0 Å². The molecule has 0 bridgehead atoms. The molecule has 0 unspecified atom stereocenters. The number of amides is 1. The van der Waals surface area contributed by atoms with Crippen LogP contribution in [0.1, 0.15) is 16.7 Å². The Morgan fingerprint density at radius 1 is 1.00 bits per heavy atom. The molecule has 0 fully saturated rings. The minimum absolute atomic E-state index is 0.00746. The van der Waals surface area contributed by atoms with Gasteiger partial charge in [-0.15, -0.1) is 0 Å². The summed E-state index contributed by atoms with van der Waals surface area (Å²) in [4.78, 5) is 12.8. The quantitative estimate of drug-likeness (QED) is 0.256. The van der Waals surface area contributed by atoms with Crippen molar-refractivity contribution in [1.82, 2.24) is 9.73 Å². The van der Waals surface area contributed by atoms with Gasteiger partial charge in [-0.3, -0.25) is 4.79 Å². The van der Waals surface area contributed by atoms with Gasteiger partial charge in [-0.25, -0.2) is 13.8 Å². The summed E-state index contributed by atoms with van der Waals surface area (Å²) in [6.07, 6.45) is 1.34. The molecule has 0 aliphatic rings. The lowest BCUT2D eigenvalue weighted by Crippen LogP contribution is -2.39. The Hall–Kier alpha value is -3.72. The molecule has 184 valence electrons. The van der Waals surface area contributed by atoms with Crippen molar-refractivity contribution < 1.29 is 18.3 Å². The summed E-state index contributed by atoms with van der Waals surface area (Å²) in [6.45, 7) is 1.47. The van der Waals surface area contributed by atoms with Crippen LogP contribution in [0.4, 0.5) is 0 Å². The average Bonchev–Trinajstić information content (AvgIpc) is 2.86. The molecule has 9 heteroatoms. The van der Waals surface area contributed by atoms with Crippen LogP contribution in [-0.4, -0.2) is 36.5 Å². The smallest absolute Gasteiger partial charge is 0.255 e. The minimum atomic E-state index is -4.01. The van der Waals surface area contributed by atoms with Crippen molar-refractivity contribution >= 4 is 44.5 Å². The van der Waals surface area contributed by atoms with Crippen molar-refractivity contribution in [3.63, 3.8) is 0 Å². The first-order chi connectivity index (χ1) is 17.2. The van der Waals surface area contributed by atoms with E-state index in [4.69, 9.17) is 11.6 Å². The lowest BCUT2D eigenvalue weighted by Gasteiger charge is -2.21. The van der Waals surface area contributed by atoms with Gasteiger partial charge in [-0.2, -0.15) is 9.41 Å². The Balaban J connectivity index is 1.55. The Kier molecular flexibility index (Phi) is 7.69. The maximum Gasteiger partial charge on any atom is 0.255 e. The summed E-state index contributed by atoms with van der Waals surface area (Å²) < 4.78 is 27.8. The van der Waals surface area contributed by atoms with Crippen LogP contribution in [0.2, 0.25) is 5.02 Å². The second-order valence-corrected chi connectivity index (χ2v) is 10.6. The molecule has 0 saturated carbocycles. The van der Waals surface area contributed by atoms with Crippen LogP contribution in [0.15, 0.2) is 94.9 Å². The van der Waals surface area contributed by atoms with Gasteiger partial charge in [0, 0.05) is 17.1 Å². The molecule has 4 rings (SSSR count). The van der Waals surface area contributed by atoms with Crippen LogP contribution < -0.4 is 5.43 Å². The number of halogens is 1. The van der Waals surface area contributed by atoms with Gasteiger partial charge in [-0.1, -0.05) is 71.8 Å². The van der Waals surface area contributed by atoms with Crippen LogP contribution in [0, 0.1) is 6.92 Å². The molecule has 2 N–H and O–H groups in total. The minimum Gasteiger partial charge on any atom is -0.507 e. The molecule has 0 aromatic heterocycles. The Morgan fingerprint density at radius 2 is 1.69 bits per heavy atom. The lowest BCUT2D eigenvalue weighted by atomic mass is 10.0. The number of hydrogen-bond donors (Lipinski definition) is 2. The maximum atomic E-state index is 13.4. The Bertz CT molecular complexity index is 1520. The van der Waals surface area contributed by atoms with Gasteiger partial charge in [0.15, 0.2) is 0 Å². The summed E-state index contributed by atoms with van der Waals surface area (Å²) in [5.74, 6) is -0.617. The lowest BCUT2D eigenvalue weighted by molar-refractivity contribution is -0.121. The number of nitrogens with zero attached hydrogens (tertiary/aromatic N) is 2. The number of aryl methyl sites for hydroxylation is 1. The van der Waals surface area contributed by atoms with Crippen molar-refractivity contribution in [3.8, 4) is 5.75 Å². The van der Waals surface area contributed by atoms with Gasteiger partial charge in [0.1, 0.15) is 5.75 Å². The number of benzene rings is 4. The third-order valence-corrected chi connectivity index (χ3v) is 7.64. The molecule has 0 radical (unpaired) electrons. The number of nitrogens with one attached hydrogen (secondary N) is 1. The fourth-order valence-corrected chi connectivity index (χ4v) is 5.17. The van der Waals surface area contributed by atoms with E-state index < -0.39 is 22.5 Å². The van der Waals surface area contributed by atoms with Crippen LogP contribution >= 0.6 is 11.6 Å². The molecule has 4 aromatic carbocycles. The number of sulfonamides is 1. The van der Waals surface area contributed by atoms with Crippen LogP contribution in [0.25, 0.3) is 10.8 Å². The predicted octanol–water partition coefficient (Wildman–Crippen LogP) is 4.85. The number of hydrogen-bond acceptors (Lipinski definition) is 5. The standard InChI is InChI=1S/C27H24ClN3O4S/c1-19-6-8-20(9-7-19)17-31(36(34,35)23-13-11-22(28)12-14-23)18-27(33)30-29-16-25-24-5-3-2-4-21(24)10-15-26(25)32/h2-16,32H,17-18H2,1H3,(H,30,33)/b29-16-. The van der Waals surface area contributed by atoms with Crippen LogP contribution in [0.5, 0.6) is 5.75 Å². The summed E-state index contributed by atoms with van der Waals surface area (Å²) in [5, 5.41) is 16.3. The number of phenols is 1. The topological polar surface area (TPSA) is 99.1 Å². The largest absolute Gasteiger partial charge is 0.507 e. The van der Waals surface area contributed by atoms with E-state index in [1.807, 2.05) is 55.5 Å². The second-order valence-electron chi connectivity index (χ2n) is 8.23. The molecule has 0 aliphatic carbocycles. The first kappa shape index (κ1) is 25.4. The monoisotopic (exact) mass is 521 g/mol. The molecular weight excluding hydrogens is 498 g/mol. The number of phenolic OH excluding ortho intramolecular Hbond substituents is 1. The van der Waals surface area contributed by atoms with Gasteiger partial charge < -0.3 is 5.11 Å². The van der Waals surface area contributed by atoms with Gasteiger partial charge in [-0.05, 0) is 53.6 Å². The number of aromatic hydroxyl groups is 1. The highest BCUT2D eigenvalue weighted by atomic mass is 35.5. The molecular formula is C27H24ClN3O4S. The van der Waals surface area contributed by atoms with Crippen molar-refractivity contribution in [2.75, 3.05) is 6.54 Å². The second kappa shape index (κ2) is 10.9. The van der Waals surface area contributed by atoms with E-state index in [-0.39, 0.29) is 17.2 Å². The van der Waals surface area contributed by atoms with E-state index >= 15 is 0 Å². The molecule has 0 saturated heterocycles. The number of rotatable bonds is 8. The predicted molar refractivity (Wildman–Crippen MR) is 142 cm³/mol. The zero-order valence-corrected chi connectivity index (χ0v) is 21.0. The molecule has 0 spiro atoms. The molecule has 4 aromatic rings. The summed E-state index contributed by atoms with van der Waals surface area (Å²) >= 11 is 5.92.